The maximum absolute atomic E-state index is 5.82. The van der Waals surface area contributed by atoms with Crippen LogP contribution in [0.2, 0.25) is 0 Å². The van der Waals surface area contributed by atoms with Crippen LogP contribution in [0.5, 0.6) is 0 Å². The van der Waals surface area contributed by atoms with Crippen molar-refractivity contribution in [3.8, 4) is 11.3 Å². The molecule has 0 aliphatic heterocycles. The quantitative estimate of drug-likeness (QED) is 0.625. The van der Waals surface area contributed by atoms with Gasteiger partial charge in [0.05, 0.1) is 11.2 Å². The van der Waals surface area contributed by atoms with Gasteiger partial charge in [0, 0.05) is 23.3 Å². The van der Waals surface area contributed by atoms with Gasteiger partial charge in [-0.05, 0) is 24.3 Å². The highest BCUT2D eigenvalue weighted by Gasteiger charge is 2.06. The van der Waals surface area contributed by atoms with Crippen molar-refractivity contribution < 1.29 is 0 Å². The molecule has 2 N–H and O–H groups in total. The summed E-state index contributed by atoms with van der Waals surface area (Å²) in [5.41, 5.74) is 3.10. The molecule has 0 bridgehead atoms. The van der Waals surface area contributed by atoms with Gasteiger partial charge in [-0.1, -0.05) is 18.2 Å². The van der Waals surface area contributed by atoms with E-state index < -0.39 is 0 Å². The number of hydrogen-bond donors (Lipinski definition) is 1. The lowest BCUT2D eigenvalue weighted by atomic mass is 10.1. The number of pyridine rings is 1. The summed E-state index contributed by atoms with van der Waals surface area (Å²) < 4.78 is 1.63. The first kappa shape index (κ1) is 8.97. The van der Waals surface area contributed by atoms with Crippen LogP contribution < -0.4 is 5.84 Å². The van der Waals surface area contributed by atoms with E-state index in [1.54, 1.807) is 10.9 Å². The number of nitrogens with zero attached hydrogens (tertiary/aromatic N) is 2. The monoisotopic (exact) mass is 209 g/mol. The van der Waals surface area contributed by atoms with E-state index in [1.165, 1.54) is 0 Å². The second-order valence-electron chi connectivity index (χ2n) is 3.68. The molecule has 2 aromatic heterocycles. The molecule has 2 heterocycles. The summed E-state index contributed by atoms with van der Waals surface area (Å²) in [7, 11) is 0. The minimum atomic E-state index is 0.972. The predicted molar refractivity (Wildman–Crippen MR) is 65.3 cm³/mol. The highest BCUT2D eigenvalue weighted by atomic mass is 15.3. The fourth-order valence-corrected chi connectivity index (χ4v) is 1.93. The van der Waals surface area contributed by atoms with E-state index in [4.69, 9.17) is 5.84 Å². The number of benzene rings is 1. The molecule has 3 heteroatoms. The zero-order valence-electron chi connectivity index (χ0n) is 8.67. The molecule has 3 nitrogen and oxygen atoms in total. The van der Waals surface area contributed by atoms with Crippen molar-refractivity contribution in [3.05, 3.63) is 54.9 Å². The fourth-order valence-electron chi connectivity index (χ4n) is 1.93. The van der Waals surface area contributed by atoms with E-state index in [2.05, 4.69) is 11.1 Å². The smallest absolute Gasteiger partial charge is 0.0708 e. The van der Waals surface area contributed by atoms with Gasteiger partial charge in [0.25, 0.3) is 0 Å². The number of nitrogen functional groups attached to an aromatic ring is 1. The van der Waals surface area contributed by atoms with Crippen LogP contribution in [0, 0.1) is 0 Å². The molecule has 0 saturated heterocycles. The summed E-state index contributed by atoms with van der Waals surface area (Å²) >= 11 is 0. The highest BCUT2D eigenvalue weighted by molar-refractivity contribution is 5.94. The lowest BCUT2D eigenvalue weighted by Gasteiger charge is -2.03. The van der Waals surface area contributed by atoms with Crippen LogP contribution in [-0.2, 0) is 0 Å². The predicted octanol–water partition coefficient (Wildman–Crippen LogP) is 2.42. The van der Waals surface area contributed by atoms with E-state index in [0.29, 0.717) is 0 Å². The SMILES string of the molecule is Nn1ccc2c(-c3ccccn3)cccc21. The summed E-state index contributed by atoms with van der Waals surface area (Å²) in [6.45, 7) is 0. The van der Waals surface area contributed by atoms with Crippen molar-refractivity contribution >= 4 is 10.9 Å². The third-order valence-corrected chi connectivity index (χ3v) is 2.70. The third kappa shape index (κ3) is 1.26. The van der Waals surface area contributed by atoms with Crippen molar-refractivity contribution in [1.29, 1.82) is 0 Å². The standard InChI is InChI=1S/C13H11N3/c14-16-9-7-11-10(4-3-6-13(11)16)12-5-1-2-8-15-12/h1-9H,14H2. The topological polar surface area (TPSA) is 43.8 Å². The Bertz CT molecular complexity index is 626. The number of nitrogens with two attached hydrogens (primary N) is 1. The molecule has 1 aromatic carbocycles. The molecule has 0 fully saturated rings. The van der Waals surface area contributed by atoms with Gasteiger partial charge < -0.3 is 5.84 Å². The molecule has 0 aliphatic rings. The van der Waals surface area contributed by atoms with Gasteiger partial charge in [-0.25, -0.2) is 0 Å². The highest BCUT2D eigenvalue weighted by Crippen LogP contribution is 2.26. The van der Waals surface area contributed by atoms with Gasteiger partial charge in [-0.15, -0.1) is 0 Å². The van der Waals surface area contributed by atoms with Gasteiger partial charge in [-0.3, -0.25) is 9.66 Å². The van der Waals surface area contributed by atoms with Gasteiger partial charge in [0.2, 0.25) is 0 Å². The molecular formula is C13H11N3. The molecule has 16 heavy (non-hydrogen) atoms. The Labute approximate surface area is 93.1 Å². The number of hydrogen-bond acceptors (Lipinski definition) is 2. The van der Waals surface area contributed by atoms with E-state index in [1.807, 2.05) is 42.6 Å². The average molecular weight is 209 g/mol. The normalized spacial score (nSPS) is 10.8. The summed E-state index contributed by atoms with van der Waals surface area (Å²) in [6.07, 6.45) is 3.66. The van der Waals surface area contributed by atoms with Crippen LogP contribution in [-0.4, -0.2) is 9.66 Å². The van der Waals surface area contributed by atoms with Gasteiger partial charge in [0.15, 0.2) is 0 Å². The fraction of sp³-hybridized carbons (Fsp3) is 0. The van der Waals surface area contributed by atoms with Crippen LogP contribution in [0.1, 0.15) is 0 Å². The van der Waals surface area contributed by atoms with Crippen LogP contribution >= 0.6 is 0 Å². The van der Waals surface area contributed by atoms with Crippen molar-refractivity contribution in [2.24, 2.45) is 0 Å². The molecule has 0 radical (unpaired) electrons. The molecule has 78 valence electrons. The average Bonchev–Trinajstić information content (AvgIpc) is 2.73. The Morgan fingerprint density at radius 2 is 1.94 bits per heavy atom. The zero-order chi connectivity index (χ0) is 11.0. The molecule has 0 unspecified atom stereocenters. The first-order valence-corrected chi connectivity index (χ1v) is 5.13. The number of rotatable bonds is 1. The first-order valence-electron chi connectivity index (χ1n) is 5.13. The third-order valence-electron chi connectivity index (χ3n) is 2.70. The maximum atomic E-state index is 5.82. The Kier molecular flexibility index (Phi) is 1.90. The maximum Gasteiger partial charge on any atom is 0.0708 e. The Hall–Kier alpha value is -2.29. The van der Waals surface area contributed by atoms with E-state index >= 15 is 0 Å². The molecule has 0 saturated carbocycles. The Balaban J connectivity index is 2.32. The molecule has 0 spiro atoms. The van der Waals surface area contributed by atoms with E-state index in [9.17, 15) is 0 Å². The summed E-state index contributed by atoms with van der Waals surface area (Å²) in [5.74, 6) is 5.82. The molecule has 0 aliphatic carbocycles. The lowest BCUT2D eigenvalue weighted by molar-refractivity contribution is 1.07. The van der Waals surface area contributed by atoms with Crippen LogP contribution in [0.4, 0.5) is 0 Å². The van der Waals surface area contributed by atoms with Gasteiger partial charge in [0.1, 0.15) is 0 Å². The molecule has 3 aromatic rings. The minimum Gasteiger partial charge on any atom is -0.339 e. The van der Waals surface area contributed by atoms with Gasteiger partial charge >= 0.3 is 0 Å². The molecular weight excluding hydrogens is 198 g/mol. The Morgan fingerprint density at radius 3 is 2.75 bits per heavy atom. The molecule has 3 rings (SSSR count). The van der Waals surface area contributed by atoms with Crippen molar-refractivity contribution in [2.75, 3.05) is 5.84 Å². The minimum absolute atomic E-state index is 0.972. The van der Waals surface area contributed by atoms with Crippen molar-refractivity contribution in [3.63, 3.8) is 0 Å². The van der Waals surface area contributed by atoms with Crippen LogP contribution in [0.3, 0.4) is 0 Å². The van der Waals surface area contributed by atoms with E-state index in [-0.39, 0.29) is 0 Å². The number of aromatic nitrogens is 2. The summed E-state index contributed by atoms with van der Waals surface area (Å²) in [4.78, 5) is 4.36. The van der Waals surface area contributed by atoms with Crippen LogP contribution in [0.15, 0.2) is 54.9 Å². The first-order chi connectivity index (χ1) is 7.86. The van der Waals surface area contributed by atoms with Crippen molar-refractivity contribution in [1.82, 2.24) is 9.66 Å². The lowest BCUT2D eigenvalue weighted by Crippen LogP contribution is -2.04. The second-order valence-corrected chi connectivity index (χ2v) is 3.68. The van der Waals surface area contributed by atoms with Crippen molar-refractivity contribution in [2.45, 2.75) is 0 Å². The van der Waals surface area contributed by atoms with Gasteiger partial charge in [-0.2, -0.15) is 0 Å². The Morgan fingerprint density at radius 1 is 1.00 bits per heavy atom. The zero-order valence-corrected chi connectivity index (χ0v) is 8.67. The largest absolute Gasteiger partial charge is 0.339 e. The molecule has 0 atom stereocenters. The number of fused-ring (bicyclic) bond motifs is 1. The van der Waals surface area contributed by atoms with Crippen LogP contribution in [0.25, 0.3) is 22.2 Å². The summed E-state index contributed by atoms with van der Waals surface area (Å²) in [6, 6.07) is 14.0. The van der Waals surface area contributed by atoms with E-state index in [0.717, 1.165) is 22.2 Å². The summed E-state index contributed by atoms with van der Waals surface area (Å²) in [5, 5.41) is 1.13. The molecule has 0 amide bonds. The second kappa shape index (κ2) is 3.38.